The van der Waals surface area contributed by atoms with Gasteiger partial charge >= 0.3 is 5.97 Å². The molecular formula is C25H21Cl3N2O6. The Hall–Kier alpha value is -2.81. The van der Waals surface area contributed by atoms with E-state index in [1.54, 1.807) is 12.1 Å². The largest absolute Gasteiger partial charge is 0.495 e. The summed E-state index contributed by atoms with van der Waals surface area (Å²) in [5.41, 5.74) is 0.862. The third kappa shape index (κ3) is 4.11. The van der Waals surface area contributed by atoms with E-state index >= 15 is 0 Å². The second-order valence-electron chi connectivity index (χ2n) is 9.03. The van der Waals surface area contributed by atoms with Gasteiger partial charge in [-0.3, -0.25) is 19.3 Å². The molecule has 8 nitrogen and oxygen atoms in total. The van der Waals surface area contributed by atoms with Crippen molar-refractivity contribution >= 4 is 69.9 Å². The number of hydrogen-bond acceptors (Lipinski definition) is 6. The first kappa shape index (κ1) is 24.9. The topological polar surface area (TPSA) is 102 Å². The summed E-state index contributed by atoms with van der Waals surface area (Å²) in [7, 11) is 1.45. The van der Waals surface area contributed by atoms with Crippen LogP contribution in [-0.4, -0.2) is 48.2 Å². The van der Waals surface area contributed by atoms with Crippen LogP contribution in [0.4, 0.5) is 11.4 Å². The molecule has 5 rings (SSSR count). The maximum Gasteiger partial charge on any atom is 0.338 e. The van der Waals surface area contributed by atoms with Crippen molar-refractivity contribution in [2.24, 2.45) is 23.7 Å². The second kappa shape index (κ2) is 9.57. The van der Waals surface area contributed by atoms with Gasteiger partial charge in [-0.15, -0.1) is 23.2 Å². The summed E-state index contributed by atoms with van der Waals surface area (Å²) < 4.78 is 10.3. The number of nitrogens with one attached hydrogen (secondary N) is 1. The van der Waals surface area contributed by atoms with Crippen LogP contribution in [0, 0.1) is 23.7 Å². The first-order valence-electron chi connectivity index (χ1n) is 11.3. The number of rotatable bonds is 6. The minimum atomic E-state index is -0.737. The van der Waals surface area contributed by atoms with E-state index in [4.69, 9.17) is 44.3 Å². The maximum atomic E-state index is 13.1. The Morgan fingerprint density at radius 2 is 1.61 bits per heavy atom. The normalized spacial score (nSPS) is 28.3. The average Bonchev–Trinajstić information content (AvgIpc) is 3.47. The van der Waals surface area contributed by atoms with Crippen molar-refractivity contribution in [2.45, 2.75) is 17.2 Å². The molecule has 1 aliphatic heterocycles. The lowest BCUT2D eigenvalue weighted by atomic mass is 9.80. The van der Waals surface area contributed by atoms with Crippen LogP contribution in [0.5, 0.6) is 5.75 Å². The van der Waals surface area contributed by atoms with Crippen molar-refractivity contribution < 1.29 is 28.7 Å². The number of amides is 3. The van der Waals surface area contributed by atoms with E-state index in [1.165, 1.54) is 37.4 Å². The molecule has 1 saturated heterocycles. The fourth-order valence-corrected chi connectivity index (χ4v) is 6.59. The fraction of sp³-hybridized carbons (Fsp3) is 0.360. The van der Waals surface area contributed by atoms with E-state index in [2.05, 4.69) is 5.32 Å². The number of anilines is 2. The summed E-state index contributed by atoms with van der Waals surface area (Å²) >= 11 is 18.8. The average molecular weight is 552 g/mol. The SMILES string of the molecule is COc1ccc(Cl)cc1NC(=O)COC(=O)c1ccc(N2C(=O)[C@@H]3[C@H]4C[C@@H]([C@@H](Cl)[C@H]4Cl)[C@H]3C2=O)cc1. The summed E-state index contributed by atoms with van der Waals surface area (Å²) in [6.45, 7) is -0.537. The standard InChI is InChI=1S/C25H21Cl3N2O6/c1-35-17-7-4-12(26)8-16(17)29-18(31)10-36-25(34)11-2-5-13(6-3-11)30-23(32)19-14-9-15(20(19)24(30)33)22(28)21(14)27/h2-8,14-15,19-22H,9-10H2,1H3,(H,29,31)/t14-,15-,19-,20-,21-,22+/m1/s1. The van der Waals surface area contributed by atoms with Gasteiger partial charge in [-0.25, -0.2) is 4.79 Å². The number of esters is 1. The van der Waals surface area contributed by atoms with Crippen LogP contribution >= 0.6 is 34.8 Å². The predicted octanol–water partition coefficient (Wildman–Crippen LogP) is 4.11. The number of nitrogens with zero attached hydrogens (tertiary/aromatic N) is 1. The minimum Gasteiger partial charge on any atom is -0.495 e. The number of fused-ring (bicyclic) bond motifs is 5. The van der Waals surface area contributed by atoms with Gasteiger partial charge in [0.2, 0.25) is 11.8 Å². The minimum absolute atomic E-state index is 0.113. The molecule has 2 bridgehead atoms. The van der Waals surface area contributed by atoms with E-state index in [0.29, 0.717) is 28.6 Å². The smallest absolute Gasteiger partial charge is 0.338 e. The van der Waals surface area contributed by atoms with Gasteiger partial charge < -0.3 is 14.8 Å². The molecule has 2 aromatic carbocycles. The van der Waals surface area contributed by atoms with Gasteiger partial charge in [0.15, 0.2) is 6.61 Å². The van der Waals surface area contributed by atoms with Gasteiger partial charge in [0, 0.05) is 5.02 Å². The molecule has 0 unspecified atom stereocenters. The van der Waals surface area contributed by atoms with Crippen molar-refractivity contribution in [3.63, 3.8) is 0 Å². The summed E-state index contributed by atoms with van der Waals surface area (Å²) in [5.74, 6) is -2.62. The molecule has 2 aromatic rings. The molecule has 1 heterocycles. The first-order valence-corrected chi connectivity index (χ1v) is 12.5. The molecule has 1 N–H and O–H groups in total. The molecule has 0 spiro atoms. The number of imide groups is 1. The number of halogens is 3. The monoisotopic (exact) mass is 550 g/mol. The van der Waals surface area contributed by atoms with Gasteiger partial charge in [-0.1, -0.05) is 11.6 Å². The summed E-state index contributed by atoms with van der Waals surface area (Å²) in [6, 6.07) is 10.6. The predicted molar refractivity (Wildman–Crippen MR) is 134 cm³/mol. The molecule has 0 aromatic heterocycles. The van der Waals surface area contributed by atoms with E-state index in [1.807, 2.05) is 0 Å². The Balaban J connectivity index is 1.22. The van der Waals surface area contributed by atoms with Crippen LogP contribution in [0.2, 0.25) is 5.02 Å². The van der Waals surface area contributed by atoms with E-state index < -0.39 is 30.3 Å². The van der Waals surface area contributed by atoms with Crippen LogP contribution in [0.15, 0.2) is 42.5 Å². The van der Waals surface area contributed by atoms with Crippen LogP contribution in [0.3, 0.4) is 0 Å². The molecule has 2 saturated carbocycles. The molecule has 2 aliphatic carbocycles. The van der Waals surface area contributed by atoms with Crippen molar-refractivity contribution in [1.82, 2.24) is 0 Å². The van der Waals surface area contributed by atoms with Crippen molar-refractivity contribution in [2.75, 3.05) is 23.9 Å². The van der Waals surface area contributed by atoms with Crippen LogP contribution < -0.4 is 15.0 Å². The zero-order chi connectivity index (χ0) is 25.7. The Bertz CT molecular complexity index is 1220. The number of carbonyl (C=O) groups is 4. The number of methoxy groups -OCH3 is 1. The van der Waals surface area contributed by atoms with Gasteiger partial charge in [-0.2, -0.15) is 0 Å². The number of ether oxygens (including phenoxy) is 2. The third-order valence-electron chi connectivity index (χ3n) is 7.12. The zero-order valence-electron chi connectivity index (χ0n) is 19.0. The Morgan fingerprint density at radius 1 is 1.00 bits per heavy atom. The molecule has 3 aliphatic rings. The van der Waals surface area contributed by atoms with Crippen molar-refractivity contribution in [3.8, 4) is 5.75 Å². The second-order valence-corrected chi connectivity index (χ2v) is 10.5. The highest BCUT2D eigenvalue weighted by Crippen LogP contribution is 2.59. The summed E-state index contributed by atoms with van der Waals surface area (Å²) in [4.78, 5) is 52.0. The molecule has 11 heteroatoms. The number of carbonyl (C=O) groups excluding carboxylic acids is 4. The maximum absolute atomic E-state index is 13.1. The molecule has 3 fully saturated rings. The van der Waals surface area contributed by atoms with E-state index in [-0.39, 0.29) is 40.0 Å². The molecule has 0 radical (unpaired) electrons. The lowest BCUT2D eigenvalue weighted by Crippen LogP contribution is -2.37. The molecule has 36 heavy (non-hydrogen) atoms. The first-order chi connectivity index (χ1) is 17.2. The van der Waals surface area contributed by atoms with Crippen LogP contribution in [-0.2, 0) is 19.1 Å². The quantitative estimate of drug-likeness (QED) is 0.329. The Labute approximate surface area is 221 Å². The van der Waals surface area contributed by atoms with Crippen molar-refractivity contribution in [1.29, 1.82) is 0 Å². The fourth-order valence-electron chi connectivity index (χ4n) is 5.53. The van der Waals surface area contributed by atoms with E-state index in [0.717, 1.165) is 4.90 Å². The molecule has 188 valence electrons. The Morgan fingerprint density at radius 3 is 2.19 bits per heavy atom. The van der Waals surface area contributed by atoms with Gasteiger partial charge in [-0.05, 0) is 60.7 Å². The van der Waals surface area contributed by atoms with Gasteiger partial charge in [0.05, 0.1) is 46.6 Å². The highest BCUT2D eigenvalue weighted by Gasteiger charge is 2.66. The highest BCUT2D eigenvalue weighted by molar-refractivity contribution is 6.32. The number of alkyl halides is 2. The summed E-state index contributed by atoms with van der Waals surface area (Å²) in [6.07, 6.45) is 0.686. The number of benzene rings is 2. The molecule has 3 amide bonds. The van der Waals surface area contributed by atoms with Crippen molar-refractivity contribution in [3.05, 3.63) is 53.1 Å². The molecule has 6 atom stereocenters. The van der Waals surface area contributed by atoms with Gasteiger partial charge in [0.25, 0.3) is 5.91 Å². The van der Waals surface area contributed by atoms with Gasteiger partial charge in [0.1, 0.15) is 5.75 Å². The van der Waals surface area contributed by atoms with E-state index in [9.17, 15) is 19.2 Å². The van der Waals surface area contributed by atoms with Crippen LogP contribution in [0.25, 0.3) is 0 Å². The summed E-state index contributed by atoms with van der Waals surface area (Å²) in [5, 5.41) is 2.32. The highest BCUT2D eigenvalue weighted by atomic mass is 35.5. The number of hydrogen-bond donors (Lipinski definition) is 1. The molecular weight excluding hydrogens is 531 g/mol. The Kier molecular flexibility index (Phi) is 6.61. The third-order valence-corrected chi connectivity index (χ3v) is 8.67. The zero-order valence-corrected chi connectivity index (χ0v) is 21.2. The lowest BCUT2D eigenvalue weighted by Gasteiger charge is -2.28. The van der Waals surface area contributed by atoms with Crippen LogP contribution in [0.1, 0.15) is 16.8 Å². The lowest BCUT2D eigenvalue weighted by molar-refractivity contribution is -0.123.